The minimum absolute atomic E-state index is 0.410. The van der Waals surface area contributed by atoms with Crippen LogP contribution in [0.25, 0.3) is 0 Å². The Hall–Kier alpha value is 0.860. The Kier molecular flexibility index (Phi) is 4.45. The molecule has 4 aliphatic carbocycles. The van der Waals surface area contributed by atoms with Crippen molar-refractivity contribution in [3.63, 3.8) is 0 Å². The third kappa shape index (κ3) is 2.52. The van der Waals surface area contributed by atoms with Crippen LogP contribution in [0.2, 0.25) is 0 Å². The second-order valence-electron chi connectivity index (χ2n) is 7.87. The third-order valence-corrected chi connectivity index (χ3v) is 15.6. The SMILES string of the molecule is CC(P(C1CCC1)C1CCC1)P(C1CCC1)C1CCC1. The van der Waals surface area contributed by atoms with Crippen molar-refractivity contribution in [2.75, 3.05) is 0 Å². The fourth-order valence-corrected chi connectivity index (χ4v) is 15.7. The van der Waals surface area contributed by atoms with Gasteiger partial charge in [-0.05, 0) is 79.4 Å². The summed E-state index contributed by atoms with van der Waals surface area (Å²) >= 11 is 0. The zero-order chi connectivity index (χ0) is 13.5. The minimum Gasteiger partial charge on any atom is -0.0930 e. The van der Waals surface area contributed by atoms with Gasteiger partial charge in [0.25, 0.3) is 0 Å². The molecule has 4 saturated carbocycles. The molecule has 0 nitrogen and oxygen atoms in total. The minimum atomic E-state index is 0.410. The van der Waals surface area contributed by atoms with E-state index in [1.165, 1.54) is 28.0 Å². The van der Waals surface area contributed by atoms with Crippen molar-refractivity contribution < 1.29 is 0 Å². The predicted molar refractivity (Wildman–Crippen MR) is 93.9 cm³/mol. The molecule has 0 aromatic heterocycles. The maximum absolute atomic E-state index is 2.75. The van der Waals surface area contributed by atoms with Gasteiger partial charge in [-0.2, -0.15) is 0 Å². The maximum atomic E-state index is 2.75. The highest BCUT2D eigenvalue weighted by Gasteiger charge is 2.46. The van der Waals surface area contributed by atoms with Gasteiger partial charge in [0.15, 0.2) is 0 Å². The molecule has 4 fully saturated rings. The van der Waals surface area contributed by atoms with Crippen molar-refractivity contribution in [3.8, 4) is 0 Å². The van der Waals surface area contributed by atoms with Crippen LogP contribution in [0, 0.1) is 0 Å². The van der Waals surface area contributed by atoms with Crippen LogP contribution in [0.15, 0.2) is 0 Å². The van der Waals surface area contributed by atoms with Crippen LogP contribution in [-0.2, 0) is 0 Å². The number of hydrogen-bond donors (Lipinski definition) is 0. The number of rotatable bonds is 6. The second kappa shape index (κ2) is 6.16. The molecule has 0 radical (unpaired) electrons. The van der Waals surface area contributed by atoms with Gasteiger partial charge in [0, 0.05) is 0 Å². The smallest absolute Gasteiger partial charge is 0.00242 e. The molecule has 114 valence electrons. The first kappa shape index (κ1) is 14.5. The molecule has 20 heavy (non-hydrogen) atoms. The van der Waals surface area contributed by atoms with Gasteiger partial charge < -0.3 is 0 Å². The Morgan fingerprint density at radius 1 is 0.550 bits per heavy atom. The highest BCUT2D eigenvalue weighted by Crippen LogP contribution is 2.75. The highest BCUT2D eigenvalue weighted by atomic mass is 31.2. The Morgan fingerprint density at radius 3 is 0.950 bits per heavy atom. The topological polar surface area (TPSA) is 0 Å². The summed E-state index contributed by atoms with van der Waals surface area (Å²) in [6.07, 6.45) is 19.2. The molecule has 4 aliphatic rings. The molecule has 0 N–H and O–H groups in total. The van der Waals surface area contributed by atoms with Crippen LogP contribution in [0.5, 0.6) is 0 Å². The maximum Gasteiger partial charge on any atom is -0.00242 e. The first-order valence-electron chi connectivity index (χ1n) is 9.39. The summed E-state index contributed by atoms with van der Waals surface area (Å²) < 4.78 is 0. The molecular formula is C18H32P2. The lowest BCUT2D eigenvalue weighted by atomic mass is 9.99. The quantitative estimate of drug-likeness (QED) is 0.491. The van der Waals surface area contributed by atoms with Gasteiger partial charge in [0.1, 0.15) is 0 Å². The van der Waals surface area contributed by atoms with Crippen molar-refractivity contribution in [1.29, 1.82) is 0 Å². The van der Waals surface area contributed by atoms with E-state index in [1.54, 1.807) is 77.0 Å². The largest absolute Gasteiger partial charge is 0.0930 e. The van der Waals surface area contributed by atoms with Gasteiger partial charge in [0.2, 0.25) is 0 Å². The lowest BCUT2D eigenvalue weighted by molar-refractivity contribution is 0.466. The predicted octanol–water partition coefficient (Wildman–Crippen LogP) is 6.51. The molecular weight excluding hydrogens is 278 g/mol. The number of hydrogen-bond acceptors (Lipinski definition) is 0. The summed E-state index contributed by atoms with van der Waals surface area (Å²) in [7, 11) is 0.820. The molecule has 0 aromatic carbocycles. The molecule has 0 spiro atoms. The van der Waals surface area contributed by atoms with E-state index in [9.17, 15) is 0 Å². The van der Waals surface area contributed by atoms with Gasteiger partial charge in [-0.15, -0.1) is 0 Å². The molecule has 0 saturated heterocycles. The zero-order valence-electron chi connectivity index (χ0n) is 13.3. The molecule has 0 amide bonds. The van der Waals surface area contributed by atoms with Gasteiger partial charge in [-0.25, -0.2) is 0 Å². The third-order valence-electron chi connectivity index (χ3n) is 6.85. The summed E-state index contributed by atoms with van der Waals surface area (Å²) in [5.74, 6) is 0. The van der Waals surface area contributed by atoms with Gasteiger partial charge in [0.05, 0.1) is 0 Å². The van der Waals surface area contributed by atoms with Crippen molar-refractivity contribution in [2.45, 2.75) is 112 Å². The van der Waals surface area contributed by atoms with E-state index in [-0.39, 0.29) is 0 Å². The van der Waals surface area contributed by atoms with E-state index in [0.29, 0.717) is 15.8 Å². The highest BCUT2D eigenvalue weighted by molar-refractivity contribution is 7.77. The monoisotopic (exact) mass is 310 g/mol. The first-order chi connectivity index (χ1) is 9.84. The van der Waals surface area contributed by atoms with Crippen LogP contribution in [0.3, 0.4) is 0 Å². The standard InChI is InChI=1S/C18H32P2/c1-14(19(15-6-2-7-15)16-8-3-9-16)20(17-10-4-11-17)18-12-5-13-18/h14-18H,2-13H2,1H3. The molecule has 0 aliphatic heterocycles. The summed E-state index contributed by atoms with van der Waals surface area (Å²) in [6, 6.07) is 0. The fourth-order valence-electron chi connectivity index (χ4n) is 4.71. The molecule has 2 heteroatoms. The van der Waals surface area contributed by atoms with E-state index in [4.69, 9.17) is 0 Å². The molecule has 0 unspecified atom stereocenters. The summed E-state index contributed by atoms with van der Waals surface area (Å²) in [5, 5.41) is 1.19. The Labute approximate surface area is 128 Å². The van der Waals surface area contributed by atoms with Crippen LogP contribution in [-0.4, -0.2) is 28.0 Å². The van der Waals surface area contributed by atoms with E-state index in [1.807, 2.05) is 0 Å². The first-order valence-corrected chi connectivity index (χ1v) is 12.5. The van der Waals surface area contributed by atoms with Crippen molar-refractivity contribution in [3.05, 3.63) is 0 Å². The summed E-state index contributed by atoms with van der Waals surface area (Å²) in [4.78, 5) is 0. The second-order valence-corrected chi connectivity index (χ2v) is 14.5. The summed E-state index contributed by atoms with van der Waals surface area (Å²) in [5.41, 5.74) is 4.87. The average Bonchev–Trinajstić information content (AvgIpc) is 2.16. The van der Waals surface area contributed by atoms with Gasteiger partial charge >= 0.3 is 0 Å². The Balaban J connectivity index is 1.49. The van der Waals surface area contributed by atoms with E-state index in [0.717, 1.165) is 0 Å². The molecule has 0 heterocycles. The van der Waals surface area contributed by atoms with Crippen LogP contribution >= 0.6 is 15.8 Å². The lowest BCUT2D eigenvalue weighted by Crippen LogP contribution is -2.35. The zero-order valence-corrected chi connectivity index (χ0v) is 15.1. The van der Waals surface area contributed by atoms with Crippen LogP contribution < -0.4 is 0 Å². The van der Waals surface area contributed by atoms with Crippen molar-refractivity contribution in [1.82, 2.24) is 0 Å². The normalized spacial score (nSPS) is 29.4. The van der Waals surface area contributed by atoms with E-state index in [2.05, 4.69) is 6.92 Å². The van der Waals surface area contributed by atoms with Crippen molar-refractivity contribution in [2.24, 2.45) is 0 Å². The fraction of sp³-hybridized carbons (Fsp3) is 1.00. The van der Waals surface area contributed by atoms with Crippen LogP contribution in [0.1, 0.15) is 84.0 Å². The van der Waals surface area contributed by atoms with Gasteiger partial charge in [-0.1, -0.05) is 48.5 Å². The van der Waals surface area contributed by atoms with Crippen molar-refractivity contribution >= 4 is 15.8 Å². The molecule has 0 bridgehead atoms. The average molecular weight is 310 g/mol. The molecule has 0 aromatic rings. The molecule has 4 rings (SSSR count). The van der Waals surface area contributed by atoms with Crippen LogP contribution in [0.4, 0.5) is 0 Å². The van der Waals surface area contributed by atoms with Gasteiger partial charge in [-0.3, -0.25) is 0 Å². The van der Waals surface area contributed by atoms with E-state index < -0.39 is 0 Å². The Morgan fingerprint density at radius 2 is 0.800 bits per heavy atom. The summed E-state index contributed by atoms with van der Waals surface area (Å²) in [6.45, 7) is 2.75. The lowest BCUT2D eigenvalue weighted by Gasteiger charge is -2.53. The van der Waals surface area contributed by atoms with E-state index >= 15 is 0 Å². The molecule has 0 atom stereocenters. The Bertz CT molecular complexity index is 266.